The summed E-state index contributed by atoms with van der Waals surface area (Å²) < 4.78 is 0.628. The standard InChI is InChI=1S/C12H16ClNO2S/c13-11-6-5-10(17-11)12(16)14-7-3-1-2-4-9(14)8-15/h5-6,9,15H,1-4,7-8H2. The van der Waals surface area contributed by atoms with E-state index in [-0.39, 0.29) is 18.6 Å². The minimum Gasteiger partial charge on any atom is -0.394 e. The lowest BCUT2D eigenvalue weighted by Crippen LogP contribution is -2.41. The number of aliphatic hydroxyl groups is 1. The monoisotopic (exact) mass is 273 g/mol. The number of amides is 1. The van der Waals surface area contributed by atoms with Gasteiger partial charge in [-0.2, -0.15) is 0 Å². The van der Waals surface area contributed by atoms with Crippen molar-refractivity contribution in [3.63, 3.8) is 0 Å². The second-order valence-electron chi connectivity index (χ2n) is 4.29. The maximum absolute atomic E-state index is 12.3. The Kier molecular flexibility index (Phi) is 4.42. The quantitative estimate of drug-likeness (QED) is 0.900. The molecule has 2 heterocycles. The van der Waals surface area contributed by atoms with Crippen molar-refractivity contribution in [1.29, 1.82) is 0 Å². The van der Waals surface area contributed by atoms with Crippen LogP contribution in [0, 0.1) is 0 Å². The van der Waals surface area contributed by atoms with Gasteiger partial charge < -0.3 is 10.0 Å². The molecule has 1 aromatic rings. The van der Waals surface area contributed by atoms with Gasteiger partial charge in [0.1, 0.15) is 0 Å². The van der Waals surface area contributed by atoms with Crippen molar-refractivity contribution >= 4 is 28.8 Å². The van der Waals surface area contributed by atoms with Gasteiger partial charge in [-0.05, 0) is 25.0 Å². The highest BCUT2D eigenvalue weighted by Crippen LogP contribution is 2.25. The lowest BCUT2D eigenvalue weighted by Gasteiger charge is -2.28. The van der Waals surface area contributed by atoms with Crippen molar-refractivity contribution < 1.29 is 9.90 Å². The van der Waals surface area contributed by atoms with E-state index in [1.807, 2.05) is 0 Å². The first-order valence-electron chi connectivity index (χ1n) is 5.89. The number of hydrogen-bond acceptors (Lipinski definition) is 3. The molecule has 1 aliphatic heterocycles. The van der Waals surface area contributed by atoms with Gasteiger partial charge in [0.25, 0.3) is 5.91 Å². The Bertz CT molecular complexity index is 394. The van der Waals surface area contributed by atoms with Crippen molar-refractivity contribution in [2.75, 3.05) is 13.2 Å². The van der Waals surface area contributed by atoms with Crippen LogP contribution in [0.15, 0.2) is 12.1 Å². The van der Waals surface area contributed by atoms with Crippen molar-refractivity contribution in [2.24, 2.45) is 0 Å². The molecule has 0 bridgehead atoms. The molecular formula is C12H16ClNO2S. The van der Waals surface area contributed by atoms with Gasteiger partial charge in [-0.25, -0.2) is 0 Å². The predicted molar refractivity (Wildman–Crippen MR) is 69.7 cm³/mol. The Hall–Kier alpha value is -0.580. The van der Waals surface area contributed by atoms with E-state index in [1.54, 1.807) is 17.0 Å². The van der Waals surface area contributed by atoms with E-state index >= 15 is 0 Å². The molecule has 1 N–H and O–H groups in total. The number of carbonyl (C=O) groups is 1. The van der Waals surface area contributed by atoms with Gasteiger partial charge >= 0.3 is 0 Å². The van der Waals surface area contributed by atoms with Crippen LogP contribution in [0.4, 0.5) is 0 Å². The number of thiophene rings is 1. The average Bonchev–Trinajstić information content (AvgIpc) is 2.64. The fourth-order valence-electron chi connectivity index (χ4n) is 2.21. The third-order valence-corrected chi connectivity index (χ3v) is 4.35. The van der Waals surface area contributed by atoms with Crippen LogP contribution in [0.3, 0.4) is 0 Å². The molecule has 1 aliphatic rings. The molecule has 1 fully saturated rings. The van der Waals surface area contributed by atoms with Crippen LogP contribution < -0.4 is 0 Å². The summed E-state index contributed by atoms with van der Waals surface area (Å²) in [7, 11) is 0. The Morgan fingerprint density at radius 1 is 1.47 bits per heavy atom. The van der Waals surface area contributed by atoms with Crippen LogP contribution in [0.2, 0.25) is 4.34 Å². The first-order chi connectivity index (χ1) is 8.22. The highest BCUT2D eigenvalue weighted by molar-refractivity contribution is 7.17. The molecule has 1 saturated heterocycles. The van der Waals surface area contributed by atoms with Gasteiger partial charge in [0.05, 0.1) is 21.9 Å². The van der Waals surface area contributed by atoms with E-state index < -0.39 is 0 Å². The number of nitrogens with zero attached hydrogens (tertiary/aromatic N) is 1. The minimum atomic E-state index is -0.0362. The Labute approximate surface area is 110 Å². The molecule has 0 radical (unpaired) electrons. The molecule has 1 amide bonds. The lowest BCUT2D eigenvalue weighted by atomic mass is 10.1. The predicted octanol–water partition coefficient (Wildman–Crippen LogP) is 2.78. The topological polar surface area (TPSA) is 40.5 Å². The molecule has 5 heteroatoms. The molecule has 0 spiro atoms. The van der Waals surface area contributed by atoms with Crippen molar-refractivity contribution in [1.82, 2.24) is 4.90 Å². The zero-order valence-electron chi connectivity index (χ0n) is 9.56. The van der Waals surface area contributed by atoms with E-state index in [0.717, 1.165) is 32.2 Å². The van der Waals surface area contributed by atoms with Gasteiger partial charge in [0.2, 0.25) is 0 Å². The average molecular weight is 274 g/mol. The third kappa shape index (κ3) is 3.00. The molecule has 1 unspecified atom stereocenters. The van der Waals surface area contributed by atoms with Crippen LogP contribution in [-0.4, -0.2) is 35.1 Å². The van der Waals surface area contributed by atoms with Gasteiger partial charge in [-0.1, -0.05) is 24.4 Å². The van der Waals surface area contributed by atoms with Gasteiger partial charge in [-0.15, -0.1) is 11.3 Å². The molecule has 1 atom stereocenters. The number of halogens is 1. The first-order valence-corrected chi connectivity index (χ1v) is 7.09. The van der Waals surface area contributed by atoms with Crippen LogP contribution in [0.1, 0.15) is 35.4 Å². The summed E-state index contributed by atoms with van der Waals surface area (Å²) in [6.07, 6.45) is 4.12. The Morgan fingerprint density at radius 3 is 2.94 bits per heavy atom. The van der Waals surface area contributed by atoms with E-state index in [1.165, 1.54) is 11.3 Å². The SMILES string of the molecule is O=C(c1ccc(Cl)s1)N1CCCCCC1CO. The van der Waals surface area contributed by atoms with Crippen LogP contribution in [0.5, 0.6) is 0 Å². The Morgan fingerprint density at radius 2 is 2.29 bits per heavy atom. The molecule has 94 valence electrons. The molecule has 2 rings (SSSR count). The first kappa shape index (κ1) is 12.9. The molecule has 1 aromatic heterocycles. The molecule has 3 nitrogen and oxygen atoms in total. The fourth-order valence-corrected chi connectivity index (χ4v) is 3.20. The second kappa shape index (κ2) is 5.85. The second-order valence-corrected chi connectivity index (χ2v) is 6.00. The highest BCUT2D eigenvalue weighted by atomic mass is 35.5. The summed E-state index contributed by atoms with van der Waals surface area (Å²) in [5.74, 6) is 0.00264. The normalized spacial score (nSPS) is 21.3. The zero-order valence-corrected chi connectivity index (χ0v) is 11.1. The van der Waals surface area contributed by atoms with E-state index in [0.29, 0.717) is 9.21 Å². The highest BCUT2D eigenvalue weighted by Gasteiger charge is 2.26. The van der Waals surface area contributed by atoms with Crippen molar-refractivity contribution in [3.8, 4) is 0 Å². The van der Waals surface area contributed by atoms with Crippen LogP contribution in [-0.2, 0) is 0 Å². The zero-order chi connectivity index (χ0) is 12.3. The van der Waals surface area contributed by atoms with Gasteiger partial charge in [0.15, 0.2) is 0 Å². The summed E-state index contributed by atoms with van der Waals surface area (Å²) >= 11 is 7.15. The van der Waals surface area contributed by atoms with Crippen LogP contribution >= 0.6 is 22.9 Å². The number of hydrogen-bond donors (Lipinski definition) is 1. The lowest BCUT2D eigenvalue weighted by molar-refractivity contribution is 0.0604. The maximum Gasteiger partial charge on any atom is 0.264 e. The van der Waals surface area contributed by atoms with Crippen molar-refractivity contribution in [3.05, 3.63) is 21.3 Å². The summed E-state index contributed by atoms with van der Waals surface area (Å²) in [4.78, 5) is 14.8. The van der Waals surface area contributed by atoms with Crippen LogP contribution in [0.25, 0.3) is 0 Å². The van der Waals surface area contributed by atoms with E-state index in [2.05, 4.69) is 0 Å². The summed E-state index contributed by atoms with van der Waals surface area (Å²) in [6.45, 7) is 0.782. The molecule has 0 aromatic carbocycles. The number of aliphatic hydroxyl groups excluding tert-OH is 1. The number of carbonyl (C=O) groups excluding carboxylic acids is 1. The van der Waals surface area contributed by atoms with E-state index in [9.17, 15) is 9.90 Å². The van der Waals surface area contributed by atoms with Gasteiger partial charge in [-0.3, -0.25) is 4.79 Å². The fraction of sp³-hybridized carbons (Fsp3) is 0.583. The largest absolute Gasteiger partial charge is 0.394 e. The number of likely N-dealkylation sites (tertiary alicyclic amines) is 1. The minimum absolute atomic E-state index is 0.00264. The van der Waals surface area contributed by atoms with Crippen molar-refractivity contribution in [2.45, 2.75) is 31.7 Å². The number of rotatable bonds is 2. The smallest absolute Gasteiger partial charge is 0.264 e. The summed E-state index contributed by atoms with van der Waals surface area (Å²) in [6, 6.07) is 3.46. The van der Waals surface area contributed by atoms with E-state index in [4.69, 9.17) is 11.6 Å². The molecule has 0 aliphatic carbocycles. The maximum atomic E-state index is 12.3. The van der Waals surface area contributed by atoms with Gasteiger partial charge in [0, 0.05) is 6.54 Å². The Balaban J connectivity index is 2.15. The molecule has 0 saturated carbocycles. The summed E-state index contributed by atoms with van der Waals surface area (Å²) in [5.41, 5.74) is 0. The third-order valence-electron chi connectivity index (χ3n) is 3.13. The molecular weight excluding hydrogens is 258 g/mol. The summed E-state index contributed by atoms with van der Waals surface area (Å²) in [5, 5.41) is 9.37. The molecule has 17 heavy (non-hydrogen) atoms.